The van der Waals surface area contributed by atoms with Gasteiger partial charge in [-0.15, -0.1) is 11.8 Å². The minimum atomic E-state index is 0.697. The summed E-state index contributed by atoms with van der Waals surface area (Å²) in [5.41, 5.74) is 6.25. The molecule has 66 valence electrons. The molecule has 0 radical (unpaired) electrons. The highest BCUT2D eigenvalue weighted by Gasteiger charge is 2.00. The molecule has 0 aromatic carbocycles. The zero-order valence-electron chi connectivity index (χ0n) is 6.88. The van der Waals surface area contributed by atoms with E-state index in [0.717, 1.165) is 21.7 Å². The Morgan fingerprint density at radius 2 is 2.42 bits per heavy atom. The summed E-state index contributed by atoms with van der Waals surface area (Å²) in [6.45, 7) is 2.15. The van der Waals surface area contributed by atoms with Crippen LogP contribution in [-0.4, -0.2) is 10.7 Å². The van der Waals surface area contributed by atoms with Crippen LogP contribution < -0.4 is 5.73 Å². The lowest BCUT2D eigenvalue weighted by Gasteiger charge is -2.02. The molecule has 0 bridgehead atoms. The fourth-order valence-corrected chi connectivity index (χ4v) is 2.18. The van der Waals surface area contributed by atoms with Gasteiger partial charge >= 0.3 is 0 Å². The van der Waals surface area contributed by atoms with Crippen LogP contribution in [0.3, 0.4) is 0 Å². The molecule has 0 amide bonds. The molecule has 0 fully saturated rings. The zero-order chi connectivity index (χ0) is 8.97. The maximum absolute atomic E-state index is 5.55. The molecular formula is C8H11BrN2S. The Labute approximate surface area is 85.1 Å². The average Bonchev–Trinajstić information content (AvgIpc) is 2.03. The first-order chi connectivity index (χ1) is 5.74. The van der Waals surface area contributed by atoms with Gasteiger partial charge in [0.1, 0.15) is 5.03 Å². The number of anilines is 1. The lowest BCUT2D eigenvalue weighted by Crippen LogP contribution is -1.89. The summed E-state index contributed by atoms with van der Waals surface area (Å²) >= 11 is 5.16. The normalized spacial score (nSPS) is 10.2. The van der Waals surface area contributed by atoms with Crippen molar-refractivity contribution in [3.8, 4) is 0 Å². The van der Waals surface area contributed by atoms with Crippen LogP contribution in [0.15, 0.2) is 21.8 Å². The number of nitrogens with zero attached hydrogens (tertiary/aromatic N) is 1. The van der Waals surface area contributed by atoms with Gasteiger partial charge in [-0.3, -0.25) is 0 Å². The SMILES string of the molecule is CCCSc1ncc(N)cc1Br. The number of hydrogen-bond donors (Lipinski definition) is 1. The number of hydrogen-bond acceptors (Lipinski definition) is 3. The second kappa shape index (κ2) is 4.72. The summed E-state index contributed by atoms with van der Waals surface area (Å²) in [7, 11) is 0. The molecule has 1 aromatic heterocycles. The highest BCUT2D eigenvalue weighted by Crippen LogP contribution is 2.26. The second-order valence-electron chi connectivity index (χ2n) is 2.40. The molecule has 0 saturated heterocycles. The highest BCUT2D eigenvalue weighted by atomic mass is 79.9. The van der Waals surface area contributed by atoms with Crippen molar-refractivity contribution in [2.24, 2.45) is 0 Å². The predicted molar refractivity (Wildman–Crippen MR) is 57.4 cm³/mol. The van der Waals surface area contributed by atoms with Crippen molar-refractivity contribution in [1.29, 1.82) is 0 Å². The molecule has 0 atom stereocenters. The Morgan fingerprint density at radius 3 is 3.00 bits per heavy atom. The number of rotatable bonds is 3. The van der Waals surface area contributed by atoms with Crippen molar-refractivity contribution in [2.45, 2.75) is 18.4 Å². The van der Waals surface area contributed by atoms with E-state index in [1.54, 1.807) is 18.0 Å². The first-order valence-electron chi connectivity index (χ1n) is 3.78. The van der Waals surface area contributed by atoms with Crippen molar-refractivity contribution >= 4 is 33.4 Å². The van der Waals surface area contributed by atoms with Crippen molar-refractivity contribution in [3.05, 3.63) is 16.7 Å². The standard InChI is InChI=1S/C8H11BrN2S/c1-2-3-12-8-7(9)4-6(10)5-11-8/h4-5H,2-3,10H2,1H3. The summed E-state index contributed by atoms with van der Waals surface area (Å²) in [5.74, 6) is 1.09. The van der Waals surface area contributed by atoms with Crippen LogP contribution in [0, 0.1) is 0 Å². The number of thioether (sulfide) groups is 1. The third-order valence-corrected chi connectivity index (χ3v) is 3.35. The summed E-state index contributed by atoms with van der Waals surface area (Å²) < 4.78 is 0.987. The van der Waals surface area contributed by atoms with Crippen molar-refractivity contribution in [3.63, 3.8) is 0 Å². The van der Waals surface area contributed by atoms with Crippen LogP contribution in [0.5, 0.6) is 0 Å². The van der Waals surface area contributed by atoms with E-state index < -0.39 is 0 Å². The Kier molecular flexibility index (Phi) is 3.88. The van der Waals surface area contributed by atoms with Crippen molar-refractivity contribution in [2.75, 3.05) is 11.5 Å². The van der Waals surface area contributed by atoms with Gasteiger partial charge in [0.2, 0.25) is 0 Å². The van der Waals surface area contributed by atoms with E-state index in [-0.39, 0.29) is 0 Å². The number of nitrogens with two attached hydrogens (primary N) is 1. The van der Waals surface area contributed by atoms with Crippen molar-refractivity contribution in [1.82, 2.24) is 4.98 Å². The van der Waals surface area contributed by atoms with Gasteiger partial charge in [-0.05, 0) is 34.2 Å². The molecule has 12 heavy (non-hydrogen) atoms. The van der Waals surface area contributed by atoms with Gasteiger partial charge < -0.3 is 5.73 Å². The Bertz CT molecular complexity index is 265. The Hall–Kier alpha value is -0.220. The Morgan fingerprint density at radius 1 is 1.67 bits per heavy atom. The first-order valence-corrected chi connectivity index (χ1v) is 5.55. The molecule has 0 aliphatic rings. The van der Waals surface area contributed by atoms with E-state index in [0.29, 0.717) is 5.69 Å². The Balaban J connectivity index is 2.72. The van der Waals surface area contributed by atoms with E-state index in [1.807, 2.05) is 6.07 Å². The van der Waals surface area contributed by atoms with E-state index in [4.69, 9.17) is 5.73 Å². The minimum Gasteiger partial charge on any atom is -0.397 e. The molecular weight excluding hydrogens is 236 g/mol. The molecule has 1 aromatic rings. The maximum Gasteiger partial charge on any atom is 0.110 e. The van der Waals surface area contributed by atoms with Gasteiger partial charge in [-0.25, -0.2) is 4.98 Å². The summed E-state index contributed by atoms with van der Waals surface area (Å²) in [6, 6.07) is 1.88. The fraction of sp³-hybridized carbons (Fsp3) is 0.375. The van der Waals surface area contributed by atoms with E-state index in [9.17, 15) is 0 Å². The van der Waals surface area contributed by atoms with Crippen LogP contribution in [0.1, 0.15) is 13.3 Å². The molecule has 0 aliphatic carbocycles. The van der Waals surface area contributed by atoms with Crippen LogP contribution in [0.2, 0.25) is 0 Å². The monoisotopic (exact) mass is 246 g/mol. The van der Waals surface area contributed by atoms with Crippen LogP contribution in [0.25, 0.3) is 0 Å². The van der Waals surface area contributed by atoms with Gasteiger partial charge in [-0.1, -0.05) is 6.92 Å². The smallest absolute Gasteiger partial charge is 0.110 e. The number of aromatic nitrogens is 1. The van der Waals surface area contributed by atoms with E-state index >= 15 is 0 Å². The quantitative estimate of drug-likeness (QED) is 0.834. The highest BCUT2D eigenvalue weighted by molar-refractivity contribution is 9.10. The summed E-state index contributed by atoms with van der Waals surface area (Å²) in [5, 5.41) is 1.02. The third-order valence-electron chi connectivity index (χ3n) is 1.27. The van der Waals surface area contributed by atoms with E-state index in [2.05, 4.69) is 27.8 Å². The third kappa shape index (κ3) is 2.68. The average molecular weight is 247 g/mol. The summed E-state index contributed by atoms with van der Waals surface area (Å²) in [4.78, 5) is 4.21. The van der Waals surface area contributed by atoms with Crippen LogP contribution >= 0.6 is 27.7 Å². The number of halogens is 1. The molecule has 4 heteroatoms. The molecule has 0 aliphatic heterocycles. The molecule has 0 spiro atoms. The predicted octanol–water partition coefficient (Wildman–Crippen LogP) is 2.93. The zero-order valence-corrected chi connectivity index (χ0v) is 9.28. The number of nitrogen functional groups attached to an aromatic ring is 1. The van der Waals surface area contributed by atoms with Crippen LogP contribution in [-0.2, 0) is 0 Å². The minimum absolute atomic E-state index is 0.697. The van der Waals surface area contributed by atoms with Crippen molar-refractivity contribution < 1.29 is 0 Å². The lowest BCUT2D eigenvalue weighted by molar-refractivity contribution is 1.07. The summed E-state index contributed by atoms with van der Waals surface area (Å²) in [6.07, 6.45) is 2.84. The molecule has 1 rings (SSSR count). The second-order valence-corrected chi connectivity index (χ2v) is 4.34. The molecule has 0 saturated carbocycles. The first kappa shape index (κ1) is 9.86. The van der Waals surface area contributed by atoms with Gasteiger partial charge in [0, 0.05) is 0 Å². The largest absolute Gasteiger partial charge is 0.397 e. The fourth-order valence-electron chi connectivity index (χ4n) is 0.745. The van der Waals surface area contributed by atoms with Gasteiger partial charge in [0.25, 0.3) is 0 Å². The van der Waals surface area contributed by atoms with Crippen LogP contribution in [0.4, 0.5) is 5.69 Å². The molecule has 1 heterocycles. The maximum atomic E-state index is 5.55. The molecule has 2 N–H and O–H groups in total. The van der Waals surface area contributed by atoms with Gasteiger partial charge in [0.05, 0.1) is 16.4 Å². The molecule has 0 unspecified atom stereocenters. The van der Waals surface area contributed by atoms with E-state index in [1.165, 1.54) is 0 Å². The van der Waals surface area contributed by atoms with Gasteiger partial charge in [-0.2, -0.15) is 0 Å². The topological polar surface area (TPSA) is 38.9 Å². The number of pyridine rings is 1. The lowest BCUT2D eigenvalue weighted by atomic mass is 10.4. The van der Waals surface area contributed by atoms with Gasteiger partial charge in [0.15, 0.2) is 0 Å². The molecule has 2 nitrogen and oxygen atoms in total.